The first-order valence-corrected chi connectivity index (χ1v) is 9.92. The third kappa shape index (κ3) is 3.75. The average molecular weight is 399 g/mol. The molecule has 1 aromatic carbocycles. The predicted molar refractivity (Wildman–Crippen MR) is 107 cm³/mol. The van der Waals surface area contributed by atoms with Gasteiger partial charge in [0.05, 0.1) is 5.69 Å². The quantitative estimate of drug-likeness (QED) is 0.459. The SMILES string of the molecule is Cl.Oc1ccccc1-c1cc(C2CCCNC2)c2c(n1)NS(O)(O)NC2. The molecule has 2 aliphatic heterocycles. The Morgan fingerprint density at radius 2 is 2.00 bits per heavy atom. The third-order valence-electron chi connectivity index (χ3n) is 4.76. The third-order valence-corrected chi connectivity index (χ3v) is 5.79. The van der Waals surface area contributed by atoms with Gasteiger partial charge in [0.25, 0.3) is 0 Å². The Morgan fingerprint density at radius 3 is 2.73 bits per heavy atom. The molecule has 142 valence electrons. The van der Waals surface area contributed by atoms with Crippen LogP contribution in [0.15, 0.2) is 30.3 Å². The Balaban J connectivity index is 0.00000196. The first-order chi connectivity index (χ1) is 12.0. The molecule has 0 amide bonds. The molecule has 1 unspecified atom stereocenters. The lowest BCUT2D eigenvalue weighted by Gasteiger charge is -2.39. The molecule has 4 rings (SSSR count). The van der Waals surface area contributed by atoms with Gasteiger partial charge in [0, 0.05) is 24.2 Å². The lowest BCUT2D eigenvalue weighted by molar-refractivity contribution is 0.455. The normalized spacial score (nSPS) is 22.5. The molecule has 0 bridgehead atoms. The predicted octanol–water partition coefficient (Wildman–Crippen LogP) is 3.44. The average Bonchev–Trinajstić information content (AvgIpc) is 2.61. The zero-order valence-corrected chi connectivity index (χ0v) is 15.7. The fourth-order valence-corrected chi connectivity index (χ4v) is 4.37. The smallest absolute Gasteiger partial charge is 0.150 e. The number of anilines is 1. The number of nitrogens with one attached hydrogen (secondary N) is 3. The Kier molecular flexibility index (Phi) is 5.61. The van der Waals surface area contributed by atoms with Crippen molar-refractivity contribution in [3.8, 4) is 17.0 Å². The molecule has 26 heavy (non-hydrogen) atoms. The van der Waals surface area contributed by atoms with Gasteiger partial charge in [-0.2, -0.15) is 4.72 Å². The molecule has 1 aromatic heterocycles. The van der Waals surface area contributed by atoms with Crippen molar-refractivity contribution in [1.29, 1.82) is 0 Å². The summed E-state index contributed by atoms with van der Waals surface area (Å²) in [4.78, 5) is 4.56. The van der Waals surface area contributed by atoms with Crippen molar-refractivity contribution in [3.05, 3.63) is 41.5 Å². The number of rotatable bonds is 2. The van der Waals surface area contributed by atoms with Gasteiger partial charge < -0.3 is 10.4 Å². The van der Waals surface area contributed by atoms with Crippen LogP contribution in [0.25, 0.3) is 11.3 Å². The Morgan fingerprint density at radius 1 is 1.19 bits per heavy atom. The van der Waals surface area contributed by atoms with E-state index in [1.807, 2.05) is 18.2 Å². The summed E-state index contributed by atoms with van der Waals surface area (Å²) < 4.78 is 25.4. The standard InChI is InChI=1S/C17H22N4O3S.ClH/c22-16-6-2-1-5-12(16)15-8-13(11-4-3-7-18-9-11)14-10-19-25(23,24)21-17(14)20-15;/h1-2,5-6,8,11,18-19,22-24H,3-4,7,9-10H2,(H,20,21);1H. The topological polar surface area (TPSA) is 110 Å². The van der Waals surface area contributed by atoms with Crippen LogP contribution in [-0.2, 0) is 6.54 Å². The van der Waals surface area contributed by atoms with E-state index in [0.717, 1.165) is 37.1 Å². The molecule has 1 saturated heterocycles. The lowest BCUT2D eigenvalue weighted by Crippen LogP contribution is -2.34. The van der Waals surface area contributed by atoms with Gasteiger partial charge >= 0.3 is 0 Å². The number of fused-ring (bicyclic) bond motifs is 1. The van der Waals surface area contributed by atoms with Crippen LogP contribution in [0.2, 0.25) is 0 Å². The van der Waals surface area contributed by atoms with Crippen molar-refractivity contribution in [3.63, 3.8) is 0 Å². The highest BCUT2D eigenvalue weighted by Crippen LogP contribution is 2.44. The van der Waals surface area contributed by atoms with Gasteiger partial charge in [-0.05, 0) is 49.1 Å². The molecule has 0 saturated carbocycles. The Hall–Kier alpha value is -1.55. The van der Waals surface area contributed by atoms with Crippen LogP contribution >= 0.6 is 23.4 Å². The van der Waals surface area contributed by atoms with E-state index in [1.165, 1.54) is 0 Å². The number of piperidine rings is 1. The zero-order valence-electron chi connectivity index (χ0n) is 14.1. The van der Waals surface area contributed by atoms with Gasteiger partial charge in [0.15, 0.2) is 5.82 Å². The maximum absolute atomic E-state index is 10.2. The van der Waals surface area contributed by atoms with E-state index < -0.39 is 11.0 Å². The minimum absolute atomic E-state index is 0. The van der Waals surface area contributed by atoms with Gasteiger partial charge in [-0.3, -0.25) is 13.8 Å². The van der Waals surface area contributed by atoms with Crippen LogP contribution in [0.3, 0.4) is 0 Å². The summed E-state index contributed by atoms with van der Waals surface area (Å²) in [5, 5.41) is 13.6. The molecule has 2 aromatic rings. The van der Waals surface area contributed by atoms with Gasteiger partial charge in [0.2, 0.25) is 0 Å². The monoisotopic (exact) mass is 398 g/mol. The number of pyridine rings is 1. The lowest BCUT2D eigenvalue weighted by atomic mass is 9.87. The van der Waals surface area contributed by atoms with Gasteiger partial charge in [-0.15, -0.1) is 12.4 Å². The van der Waals surface area contributed by atoms with E-state index in [0.29, 0.717) is 29.5 Å². The van der Waals surface area contributed by atoms with Crippen LogP contribution in [-0.4, -0.2) is 32.3 Å². The number of phenolic OH excluding ortho intramolecular Hbond substituents is 1. The number of para-hydroxylation sites is 1. The van der Waals surface area contributed by atoms with Crippen molar-refractivity contribution in [1.82, 2.24) is 15.0 Å². The molecular formula is C17H23ClN4O3S. The molecule has 0 spiro atoms. The number of phenols is 1. The summed E-state index contributed by atoms with van der Waals surface area (Å²) in [6.07, 6.45) is 2.17. The molecule has 0 aliphatic carbocycles. The highest BCUT2D eigenvalue weighted by atomic mass is 35.5. The first kappa shape index (κ1) is 19.2. The van der Waals surface area contributed by atoms with E-state index >= 15 is 0 Å². The summed E-state index contributed by atoms with van der Waals surface area (Å²) in [5.41, 5.74) is 3.35. The molecule has 2 aliphatic rings. The fraction of sp³-hybridized carbons (Fsp3) is 0.353. The van der Waals surface area contributed by atoms with Crippen LogP contribution in [0, 0.1) is 0 Å². The fourth-order valence-electron chi connectivity index (χ4n) is 3.51. The van der Waals surface area contributed by atoms with Crippen LogP contribution in [0.1, 0.15) is 29.9 Å². The van der Waals surface area contributed by atoms with Crippen LogP contribution < -0.4 is 14.8 Å². The molecule has 1 atom stereocenters. The van der Waals surface area contributed by atoms with E-state index in [9.17, 15) is 14.2 Å². The first-order valence-electron chi connectivity index (χ1n) is 8.37. The van der Waals surface area contributed by atoms with Gasteiger partial charge in [0.1, 0.15) is 5.75 Å². The number of nitrogens with zero attached hydrogens (tertiary/aromatic N) is 1. The van der Waals surface area contributed by atoms with Crippen molar-refractivity contribution >= 4 is 29.2 Å². The molecule has 0 radical (unpaired) electrons. The van der Waals surface area contributed by atoms with Crippen LogP contribution in [0.5, 0.6) is 5.75 Å². The Labute approximate surface area is 160 Å². The highest BCUT2D eigenvalue weighted by molar-refractivity contribution is 8.23. The largest absolute Gasteiger partial charge is 0.507 e. The summed E-state index contributed by atoms with van der Waals surface area (Å²) in [6, 6.07) is 9.07. The maximum Gasteiger partial charge on any atom is 0.150 e. The molecule has 9 heteroatoms. The molecule has 3 heterocycles. The maximum atomic E-state index is 10.2. The second-order valence-corrected chi connectivity index (χ2v) is 8.05. The highest BCUT2D eigenvalue weighted by Gasteiger charge is 2.28. The number of halogens is 1. The van der Waals surface area contributed by atoms with Crippen molar-refractivity contribution in [2.45, 2.75) is 25.3 Å². The summed E-state index contributed by atoms with van der Waals surface area (Å²) in [7, 11) is -3.09. The van der Waals surface area contributed by atoms with Crippen molar-refractivity contribution in [2.24, 2.45) is 0 Å². The minimum Gasteiger partial charge on any atom is -0.507 e. The van der Waals surface area contributed by atoms with E-state index in [2.05, 4.69) is 19.7 Å². The number of hydrogen-bond donors (Lipinski definition) is 6. The molecular weight excluding hydrogens is 376 g/mol. The van der Waals surface area contributed by atoms with Gasteiger partial charge in [-0.1, -0.05) is 23.1 Å². The minimum atomic E-state index is -3.09. The Bertz CT molecular complexity index is 800. The second-order valence-electron chi connectivity index (χ2n) is 6.46. The number of hydrogen-bond acceptors (Lipinski definition) is 7. The summed E-state index contributed by atoms with van der Waals surface area (Å²) in [5.74, 6) is 0.960. The second kappa shape index (κ2) is 7.59. The number of aromatic nitrogens is 1. The molecule has 6 N–H and O–H groups in total. The number of aromatic hydroxyl groups is 1. The van der Waals surface area contributed by atoms with Crippen molar-refractivity contribution < 1.29 is 14.2 Å². The number of benzene rings is 1. The van der Waals surface area contributed by atoms with Gasteiger partial charge in [-0.25, -0.2) is 4.98 Å². The summed E-state index contributed by atoms with van der Waals surface area (Å²) >= 11 is 0. The van der Waals surface area contributed by atoms with Crippen molar-refractivity contribution in [2.75, 3.05) is 17.8 Å². The summed E-state index contributed by atoms with van der Waals surface area (Å²) in [6.45, 7) is 2.25. The van der Waals surface area contributed by atoms with E-state index in [-0.39, 0.29) is 18.2 Å². The van der Waals surface area contributed by atoms with E-state index in [4.69, 9.17) is 0 Å². The zero-order chi connectivity index (χ0) is 17.4. The molecule has 7 nitrogen and oxygen atoms in total. The van der Waals surface area contributed by atoms with Crippen LogP contribution in [0.4, 0.5) is 5.82 Å². The molecule has 1 fully saturated rings. The van der Waals surface area contributed by atoms with E-state index in [1.54, 1.807) is 12.1 Å².